The lowest BCUT2D eigenvalue weighted by molar-refractivity contribution is -0.160. The highest BCUT2D eigenvalue weighted by molar-refractivity contribution is 5.76. The van der Waals surface area contributed by atoms with Crippen LogP contribution >= 0.6 is 0 Å². The molecule has 6 nitrogen and oxygen atoms in total. The second-order valence-electron chi connectivity index (χ2n) is 6.38. The van der Waals surface area contributed by atoms with E-state index in [1.807, 2.05) is 11.8 Å². The van der Waals surface area contributed by atoms with Crippen molar-refractivity contribution in [3.8, 4) is 0 Å². The Kier molecular flexibility index (Phi) is 5.08. The highest BCUT2D eigenvalue weighted by Crippen LogP contribution is 2.28. The number of likely N-dealkylation sites (tertiary alicyclic amines) is 2. The van der Waals surface area contributed by atoms with Crippen molar-refractivity contribution in [2.75, 3.05) is 26.2 Å². The second kappa shape index (κ2) is 6.64. The molecule has 1 unspecified atom stereocenters. The van der Waals surface area contributed by atoms with Crippen molar-refractivity contribution < 1.29 is 19.4 Å². The number of hydrogen-bond acceptors (Lipinski definition) is 3. The first-order valence-corrected chi connectivity index (χ1v) is 7.86. The van der Waals surface area contributed by atoms with Crippen LogP contribution in [0.1, 0.15) is 46.0 Å². The van der Waals surface area contributed by atoms with Crippen LogP contribution in [0.25, 0.3) is 0 Å². The molecule has 2 saturated heterocycles. The van der Waals surface area contributed by atoms with E-state index in [0.29, 0.717) is 19.1 Å². The zero-order valence-corrected chi connectivity index (χ0v) is 13.0. The fraction of sp³-hybridized carbons (Fsp3) is 0.867. The third-order valence-electron chi connectivity index (χ3n) is 4.46. The number of rotatable bonds is 4. The minimum atomic E-state index is -0.973. The minimum absolute atomic E-state index is 0.0835. The smallest absolute Gasteiger partial charge is 0.329 e. The van der Waals surface area contributed by atoms with Crippen molar-refractivity contribution in [3.05, 3.63) is 0 Å². The Labute approximate surface area is 126 Å². The van der Waals surface area contributed by atoms with Gasteiger partial charge in [-0.15, -0.1) is 0 Å². The third-order valence-corrected chi connectivity index (χ3v) is 4.46. The van der Waals surface area contributed by atoms with Gasteiger partial charge in [-0.05, 0) is 26.2 Å². The number of urea groups is 1. The highest BCUT2D eigenvalue weighted by Gasteiger charge is 2.44. The normalized spacial score (nSPS) is 25.1. The molecule has 2 heterocycles. The predicted octanol–water partition coefficient (Wildman–Crippen LogP) is 1.94. The zero-order chi connectivity index (χ0) is 15.5. The van der Waals surface area contributed by atoms with Crippen molar-refractivity contribution in [1.82, 2.24) is 9.80 Å². The van der Waals surface area contributed by atoms with Crippen LogP contribution in [0, 0.1) is 0 Å². The number of ether oxygens (including phenoxy) is 1. The molecule has 2 aliphatic heterocycles. The van der Waals surface area contributed by atoms with Crippen LogP contribution in [0.15, 0.2) is 0 Å². The quantitative estimate of drug-likeness (QED) is 0.861. The van der Waals surface area contributed by atoms with Crippen LogP contribution in [0.5, 0.6) is 0 Å². The average molecular weight is 298 g/mol. The number of carboxylic acids is 1. The molecule has 0 aliphatic carbocycles. The van der Waals surface area contributed by atoms with Crippen molar-refractivity contribution in [3.63, 3.8) is 0 Å². The van der Waals surface area contributed by atoms with Gasteiger partial charge in [-0.25, -0.2) is 9.59 Å². The molecule has 2 rings (SSSR count). The van der Waals surface area contributed by atoms with Crippen LogP contribution in [0.3, 0.4) is 0 Å². The molecule has 21 heavy (non-hydrogen) atoms. The Morgan fingerprint density at radius 2 is 2.00 bits per heavy atom. The maximum Gasteiger partial charge on any atom is 0.329 e. The van der Waals surface area contributed by atoms with E-state index in [-0.39, 0.29) is 12.6 Å². The largest absolute Gasteiger partial charge is 0.480 e. The van der Waals surface area contributed by atoms with E-state index in [0.717, 1.165) is 25.8 Å². The molecule has 0 saturated carbocycles. The molecule has 0 aromatic rings. The molecular formula is C15H26N2O4. The zero-order valence-electron chi connectivity index (χ0n) is 13.0. The van der Waals surface area contributed by atoms with E-state index < -0.39 is 11.6 Å². The Morgan fingerprint density at radius 3 is 2.62 bits per heavy atom. The first-order chi connectivity index (χ1) is 9.95. The monoisotopic (exact) mass is 298 g/mol. The molecule has 0 aromatic carbocycles. The Hall–Kier alpha value is -1.30. The van der Waals surface area contributed by atoms with Crippen LogP contribution < -0.4 is 0 Å². The number of carbonyl (C=O) groups is 2. The molecule has 120 valence electrons. The third kappa shape index (κ3) is 3.87. The van der Waals surface area contributed by atoms with Crippen LogP contribution in [0.2, 0.25) is 0 Å². The van der Waals surface area contributed by atoms with E-state index in [1.54, 1.807) is 4.90 Å². The number of carboxylic acid groups (broad SMARTS) is 1. The number of nitrogens with zero attached hydrogens (tertiary/aromatic N) is 2. The number of carbonyl (C=O) groups excluding carboxylic acids is 1. The highest BCUT2D eigenvalue weighted by atomic mass is 16.5. The van der Waals surface area contributed by atoms with Gasteiger partial charge in [0.25, 0.3) is 0 Å². The van der Waals surface area contributed by atoms with E-state index in [4.69, 9.17) is 9.84 Å². The summed E-state index contributed by atoms with van der Waals surface area (Å²) in [5, 5.41) is 8.66. The molecule has 0 spiro atoms. The summed E-state index contributed by atoms with van der Waals surface area (Å²) in [5.41, 5.74) is -0.512. The van der Waals surface area contributed by atoms with Gasteiger partial charge in [0.2, 0.25) is 0 Å². The van der Waals surface area contributed by atoms with Crippen molar-refractivity contribution in [1.29, 1.82) is 0 Å². The Morgan fingerprint density at radius 1 is 1.29 bits per heavy atom. The standard InChI is InChI=1S/C15H26N2O4/c1-3-12-7-5-4-6-8-17(12)14(20)16-10-15(2,11-16)21-9-13(18)19/h12H,3-11H2,1-2H3,(H,18,19). The number of amides is 2. The van der Waals surface area contributed by atoms with Gasteiger partial charge in [-0.1, -0.05) is 19.8 Å². The molecule has 0 aromatic heterocycles. The molecule has 2 fully saturated rings. The molecule has 1 N–H and O–H groups in total. The summed E-state index contributed by atoms with van der Waals surface area (Å²) in [6, 6.07) is 0.423. The molecule has 0 bridgehead atoms. The molecular weight excluding hydrogens is 272 g/mol. The van der Waals surface area contributed by atoms with Gasteiger partial charge in [-0.3, -0.25) is 0 Å². The predicted molar refractivity (Wildman–Crippen MR) is 78.2 cm³/mol. The number of hydrogen-bond donors (Lipinski definition) is 1. The lowest BCUT2D eigenvalue weighted by Gasteiger charge is -2.49. The van der Waals surface area contributed by atoms with E-state index in [1.165, 1.54) is 12.8 Å². The van der Waals surface area contributed by atoms with Crippen molar-refractivity contribution in [2.24, 2.45) is 0 Å². The molecule has 2 amide bonds. The topological polar surface area (TPSA) is 70.1 Å². The van der Waals surface area contributed by atoms with E-state index in [2.05, 4.69) is 6.92 Å². The summed E-state index contributed by atoms with van der Waals surface area (Å²) in [6.07, 6.45) is 5.54. The van der Waals surface area contributed by atoms with E-state index in [9.17, 15) is 9.59 Å². The van der Waals surface area contributed by atoms with Crippen LogP contribution in [-0.4, -0.2) is 64.8 Å². The summed E-state index contributed by atoms with van der Waals surface area (Å²) in [6.45, 7) is 5.48. The van der Waals surface area contributed by atoms with Gasteiger partial charge in [-0.2, -0.15) is 0 Å². The molecule has 6 heteroatoms. The van der Waals surface area contributed by atoms with Gasteiger partial charge >= 0.3 is 12.0 Å². The maximum absolute atomic E-state index is 12.6. The van der Waals surface area contributed by atoms with Crippen molar-refractivity contribution in [2.45, 2.75) is 57.6 Å². The fourth-order valence-electron chi connectivity index (χ4n) is 3.26. The lowest BCUT2D eigenvalue weighted by atomic mass is 9.96. The SMILES string of the molecule is CCC1CCCCCN1C(=O)N1CC(C)(OCC(=O)O)C1. The number of aliphatic carboxylic acids is 1. The summed E-state index contributed by atoms with van der Waals surface area (Å²) in [4.78, 5) is 26.9. The van der Waals surface area contributed by atoms with Gasteiger partial charge < -0.3 is 19.6 Å². The van der Waals surface area contributed by atoms with Gasteiger partial charge in [0.1, 0.15) is 12.2 Å². The van der Waals surface area contributed by atoms with Crippen molar-refractivity contribution >= 4 is 12.0 Å². The van der Waals surface area contributed by atoms with Gasteiger partial charge in [0.15, 0.2) is 0 Å². The van der Waals surface area contributed by atoms with Crippen LogP contribution in [-0.2, 0) is 9.53 Å². The molecule has 2 aliphatic rings. The summed E-state index contributed by atoms with van der Waals surface area (Å²) >= 11 is 0. The molecule has 0 radical (unpaired) electrons. The summed E-state index contributed by atoms with van der Waals surface area (Å²) in [5.74, 6) is -0.973. The van der Waals surface area contributed by atoms with Gasteiger partial charge in [0, 0.05) is 12.6 Å². The molecule has 1 atom stereocenters. The Bertz CT molecular complexity index is 393. The Balaban J connectivity index is 1.88. The summed E-state index contributed by atoms with van der Waals surface area (Å²) < 4.78 is 5.36. The fourth-order valence-corrected chi connectivity index (χ4v) is 3.26. The second-order valence-corrected chi connectivity index (χ2v) is 6.38. The first kappa shape index (κ1) is 16.1. The average Bonchev–Trinajstić information content (AvgIpc) is 2.66. The van der Waals surface area contributed by atoms with E-state index >= 15 is 0 Å². The maximum atomic E-state index is 12.6. The first-order valence-electron chi connectivity index (χ1n) is 7.86. The lowest BCUT2D eigenvalue weighted by Crippen LogP contribution is -2.66. The summed E-state index contributed by atoms with van der Waals surface area (Å²) in [7, 11) is 0. The van der Waals surface area contributed by atoms with Crippen LogP contribution in [0.4, 0.5) is 4.79 Å². The van der Waals surface area contributed by atoms with Gasteiger partial charge in [0.05, 0.1) is 13.1 Å². The minimum Gasteiger partial charge on any atom is -0.480 e.